The fourth-order valence-corrected chi connectivity index (χ4v) is 1.38. The molecule has 0 saturated carbocycles. The number of ether oxygens (including phenoxy) is 1. The molecule has 2 aromatic rings. The highest BCUT2D eigenvalue weighted by molar-refractivity contribution is 5.90. The number of aryl methyl sites for hydroxylation is 1. The highest BCUT2D eigenvalue weighted by Crippen LogP contribution is 2.15. The van der Waals surface area contributed by atoms with Crippen LogP contribution in [0.15, 0.2) is 30.8 Å². The number of para-hydroxylation sites is 1. The van der Waals surface area contributed by atoms with Crippen molar-refractivity contribution in [3.8, 4) is 5.75 Å². The van der Waals surface area contributed by atoms with Crippen LogP contribution in [0.4, 0.5) is 5.95 Å². The van der Waals surface area contributed by atoms with Crippen LogP contribution < -0.4 is 10.1 Å². The molecular formula is C12H13N5O2. The van der Waals surface area contributed by atoms with E-state index in [1.54, 1.807) is 6.07 Å². The zero-order chi connectivity index (χ0) is 13.7. The van der Waals surface area contributed by atoms with Crippen LogP contribution in [0.25, 0.3) is 6.20 Å². The Morgan fingerprint density at radius 2 is 2.32 bits per heavy atom. The van der Waals surface area contributed by atoms with E-state index in [9.17, 15) is 4.79 Å². The molecule has 2 rings (SSSR count). The van der Waals surface area contributed by atoms with Crippen LogP contribution in [0.5, 0.6) is 5.75 Å². The van der Waals surface area contributed by atoms with Crippen LogP contribution in [0.1, 0.15) is 5.56 Å². The predicted molar refractivity (Wildman–Crippen MR) is 69.5 cm³/mol. The molecule has 98 valence electrons. The molecule has 1 aromatic heterocycles. The molecule has 0 unspecified atom stereocenters. The van der Waals surface area contributed by atoms with Gasteiger partial charge in [-0.15, -0.1) is 9.90 Å². The maximum absolute atomic E-state index is 11.6. The third-order valence-corrected chi connectivity index (χ3v) is 2.30. The Bertz CT molecular complexity index is 593. The van der Waals surface area contributed by atoms with E-state index in [0.717, 1.165) is 10.4 Å². The van der Waals surface area contributed by atoms with Gasteiger partial charge in [0.2, 0.25) is 0 Å². The van der Waals surface area contributed by atoms with Crippen molar-refractivity contribution in [1.82, 2.24) is 20.2 Å². The largest absolute Gasteiger partial charge is 0.483 e. The van der Waals surface area contributed by atoms with Crippen molar-refractivity contribution in [2.75, 3.05) is 11.9 Å². The lowest BCUT2D eigenvalue weighted by Gasteiger charge is -2.07. The van der Waals surface area contributed by atoms with Gasteiger partial charge in [-0.25, -0.2) is 0 Å². The smallest absolute Gasteiger partial charge is 0.270 e. The summed E-state index contributed by atoms with van der Waals surface area (Å²) in [6.45, 7) is 5.26. The summed E-state index contributed by atoms with van der Waals surface area (Å²) in [5.74, 6) is 0.422. The normalized spacial score (nSPS) is 9.95. The molecule has 1 amide bonds. The number of benzene rings is 1. The third-order valence-electron chi connectivity index (χ3n) is 2.30. The number of tetrazole rings is 1. The molecule has 0 aliphatic rings. The Labute approximate surface area is 109 Å². The standard InChI is InChI=1S/C12H13N5O2/c1-3-17-15-12(14-16-17)13-11(18)8-19-10-7-5-4-6-9(10)2/h3-7H,1,8H2,2H3,(H,13,15,18). The Morgan fingerprint density at radius 1 is 1.53 bits per heavy atom. The molecule has 7 heteroatoms. The van der Waals surface area contributed by atoms with E-state index in [1.165, 1.54) is 6.20 Å². The van der Waals surface area contributed by atoms with Crippen LogP contribution in [0.3, 0.4) is 0 Å². The van der Waals surface area contributed by atoms with Gasteiger partial charge in [-0.3, -0.25) is 10.1 Å². The van der Waals surface area contributed by atoms with Crippen molar-refractivity contribution in [1.29, 1.82) is 0 Å². The van der Waals surface area contributed by atoms with E-state index in [2.05, 4.69) is 27.3 Å². The van der Waals surface area contributed by atoms with Gasteiger partial charge in [0.25, 0.3) is 11.9 Å². The van der Waals surface area contributed by atoms with E-state index >= 15 is 0 Å². The molecule has 0 saturated heterocycles. The third kappa shape index (κ3) is 3.38. The van der Waals surface area contributed by atoms with Crippen molar-refractivity contribution >= 4 is 18.1 Å². The second-order valence-corrected chi connectivity index (χ2v) is 3.72. The van der Waals surface area contributed by atoms with Gasteiger partial charge in [0.15, 0.2) is 6.61 Å². The minimum Gasteiger partial charge on any atom is -0.483 e. The van der Waals surface area contributed by atoms with Gasteiger partial charge in [0.1, 0.15) is 5.75 Å². The van der Waals surface area contributed by atoms with Crippen LogP contribution in [-0.2, 0) is 4.79 Å². The minimum absolute atomic E-state index is 0.110. The Balaban J connectivity index is 1.88. The zero-order valence-electron chi connectivity index (χ0n) is 10.4. The summed E-state index contributed by atoms with van der Waals surface area (Å²) in [6.07, 6.45) is 1.37. The maximum Gasteiger partial charge on any atom is 0.270 e. The number of amides is 1. The van der Waals surface area contributed by atoms with Crippen LogP contribution >= 0.6 is 0 Å². The number of anilines is 1. The van der Waals surface area contributed by atoms with E-state index < -0.39 is 0 Å². The number of hydrogen-bond donors (Lipinski definition) is 1. The Morgan fingerprint density at radius 3 is 3.00 bits per heavy atom. The fraction of sp³-hybridized carbons (Fsp3) is 0.167. The Hall–Kier alpha value is -2.70. The van der Waals surface area contributed by atoms with Crippen molar-refractivity contribution in [2.45, 2.75) is 6.92 Å². The summed E-state index contributed by atoms with van der Waals surface area (Å²) in [5.41, 5.74) is 0.964. The first-order valence-electron chi connectivity index (χ1n) is 5.59. The van der Waals surface area contributed by atoms with Gasteiger partial charge in [-0.05, 0) is 23.8 Å². The van der Waals surface area contributed by atoms with Gasteiger partial charge in [0.05, 0.1) is 0 Å². The molecule has 1 aromatic carbocycles. The minimum atomic E-state index is -0.355. The summed E-state index contributed by atoms with van der Waals surface area (Å²) in [5, 5.41) is 13.5. The van der Waals surface area contributed by atoms with Crippen LogP contribution in [0, 0.1) is 6.92 Å². The lowest BCUT2D eigenvalue weighted by Crippen LogP contribution is -2.21. The van der Waals surface area contributed by atoms with Crippen LogP contribution in [-0.4, -0.2) is 32.7 Å². The van der Waals surface area contributed by atoms with Gasteiger partial charge in [0, 0.05) is 6.20 Å². The molecule has 0 radical (unpaired) electrons. The first kappa shape index (κ1) is 12.7. The molecule has 1 N–H and O–H groups in total. The number of nitrogens with one attached hydrogen (secondary N) is 1. The molecule has 19 heavy (non-hydrogen) atoms. The maximum atomic E-state index is 11.6. The molecule has 7 nitrogen and oxygen atoms in total. The molecule has 0 aliphatic heterocycles. The molecule has 0 spiro atoms. The number of hydrogen-bond acceptors (Lipinski definition) is 5. The summed E-state index contributed by atoms with van der Waals surface area (Å²) >= 11 is 0. The quantitative estimate of drug-likeness (QED) is 0.869. The lowest BCUT2D eigenvalue weighted by atomic mass is 10.2. The van der Waals surface area contributed by atoms with Crippen molar-refractivity contribution in [2.24, 2.45) is 0 Å². The summed E-state index contributed by atoms with van der Waals surface area (Å²) in [7, 11) is 0. The van der Waals surface area contributed by atoms with E-state index in [4.69, 9.17) is 4.74 Å². The molecule has 0 atom stereocenters. The number of nitrogens with zero attached hydrogens (tertiary/aromatic N) is 4. The topological polar surface area (TPSA) is 81.9 Å². The van der Waals surface area contributed by atoms with Crippen molar-refractivity contribution < 1.29 is 9.53 Å². The SMILES string of the molecule is C=Cn1nnc(NC(=O)COc2ccccc2C)n1. The number of aromatic nitrogens is 4. The average molecular weight is 259 g/mol. The van der Waals surface area contributed by atoms with Crippen molar-refractivity contribution in [3.63, 3.8) is 0 Å². The van der Waals surface area contributed by atoms with Gasteiger partial charge in [-0.2, -0.15) is 0 Å². The van der Waals surface area contributed by atoms with Gasteiger partial charge >= 0.3 is 0 Å². The first-order chi connectivity index (χ1) is 9.19. The number of carbonyl (C=O) groups excluding carboxylic acids is 1. The number of rotatable bonds is 5. The van der Waals surface area contributed by atoms with Crippen molar-refractivity contribution in [3.05, 3.63) is 36.4 Å². The number of carbonyl (C=O) groups is 1. The second-order valence-electron chi connectivity index (χ2n) is 3.72. The van der Waals surface area contributed by atoms with E-state index in [0.29, 0.717) is 5.75 Å². The predicted octanol–water partition coefficient (Wildman–Crippen LogP) is 1.10. The zero-order valence-corrected chi connectivity index (χ0v) is 10.4. The van der Waals surface area contributed by atoms with Gasteiger partial charge in [-0.1, -0.05) is 29.9 Å². The summed E-state index contributed by atoms with van der Waals surface area (Å²) in [4.78, 5) is 12.8. The molecule has 0 fully saturated rings. The lowest BCUT2D eigenvalue weighted by molar-refractivity contribution is -0.118. The fourth-order valence-electron chi connectivity index (χ4n) is 1.38. The molecule has 0 bridgehead atoms. The van der Waals surface area contributed by atoms with Crippen LogP contribution in [0.2, 0.25) is 0 Å². The summed E-state index contributed by atoms with van der Waals surface area (Å²) < 4.78 is 5.39. The molecular weight excluding hydrogens is 246 g/mol. The Kier molecular flexibility index (Phi) is 3.87. The monoisotopic (exact) mass is 259 g/mol. The second kappa shape index (κ2) is 5.76. The first-order valence-corrected chi connectivity index (χ1v) is 5.59. The average Bonchev–Trinajstić information content (AvgIpc) is 2.85. The molecule has 0 aliphatic carbocycles. The summed E-state index contributed by atoms with van der Waals surface area (Å²) in [6, 6.07) is 7.45. The molecule has 1 heterocycles. The van der Waals surface area contributed by atoms with Gasteiger partial charge < -0.3 is 4.74 Å². The van der Waals surface area contributed by atoms with E-state index in [-0.39, 0.29) is 18.5 Å². The van der Waals surface area contributed by atoms with E-state index in [1.807, 2.05) is 25.1 Å². The highest BCUT2D eigenvalue weighted by atomic mass is 16.5. The highest BCUT2D eigenvalue weighted by Gasteiger charge is 2.08.